The van der Waals surface area contributed by atoms with Crippen LogP contribution in [0, 0.1) is 5.92 Å². The fourth-order valence-corrected chi connectivity index (χ4v) is 2.28. The highest BCUT2D eigenvalue weighted by atomic mass is 35.5. The summed E-state index contributed by atoms with van der Waals surface area (Å²) in [5.74, 6) is 0.0263. The van der Waals surface area contributed by atoms with E-state index >= 15 is 0 Å². The predicted octanol–water partition coefficient (Wildman–Crippen LogP) is 3.23. The molecule has 0 aliphatic rings. The summed E-state index contributed by atoms with van der Waals surface area (Å²) in [6.45, 7) is 12.3. The van der Waals surface area contributed by atoms with Crippen molar-refractivity contribution in [3.63, 3.8) is 0 Å². The van der Waals surface area contributed by atoms with Gasteiger partial charge in [-0.25, -0.2) is 0 Å². The third-order valence-electron chi connectivity index (χ3n) is 3.45. The number of carbonyl (C=O) groups is 2. The zero-order valence-corrected chi connectivity index (χ0v) is 15.7. The van der Waals surface area contributed by atoms with Crippen molar-refractivity contribution < 1.29 is 9.59 Å². The average Bonchev–Trinajstić information content (AvgIpc) is 2.54. The van der Waals surface area contributed by atoms with Crippen LogP contribution in [0.25, 0.3) is 0 Å². The molecule has 0 aliphatic carbocycles. The standard InChI is InChI=1S/C19H27N3O2.ClH/c1-5-11-22(12-6-2)19(24)15-7-9-16(10-8-15)21-18(23)17(20)13-14(3)4;/h5-10,14,17H,1-2,11-13,20H2,3-4H3,(H,21,23);1H/t17-;/m0./s1. The van der Waals surface area contributed by atoms with Crippen molar-refractivity contribution in [2.45, 2.75) is 26.3 Å². The zero-order valence-electron chi connectivity index (χ0n) is 14.9. The van der Waals surface area contributed by atoms with Crippen LogP contribution in [0.3, 0.4) is 0 Å². The van der Waals surface area contributed by atoms with Gasteiger partial charge in [0.15, 0.2) is 0 Å². The summed E-state index contributed by atoms with van der Waals surface area (Å²) in [6, 6.07) is 6.23. The highest BCUT2D eigenvalue weighted by Gasteiger charge is 2.16. The zero-order chi connectivity index (χ0) is 18.1. The largest absolute Gasteiger partial charge is 0.331 e. The van der Waals surface area contributed by atoms with Gasteiger partial charge in [-0.2, -0.15) is 0 Å². The first kappa shape index (κ1) is 22.9. The second kappa shape index (κ2) is 11.4. The Morgan fingerprint density at radius 1 is 1.16 bits per heavy atom. The predicted molar refractivity (Wildman–Crippen MR) is 106 cm³/mol. The number of nitrogens with one attached hydrogen (secondary N) is 1. The van der Waals surface area contributed by atoms with E-state index in [1.54, 1.807) is 41.3 Å². The van der Waals surface area contributed by atoms with E-state index in [9.17, 15) is 9.59 Å². The van der Waals surface area contributed by atoms with E-state index in [0.29, 0.717) is 36.7 Å². The van der Waals surface area contributed by atoms with Crippen LogP contribution in [0.2, 0.25) is 0 Å². The molecule has 0 heterocycles. The number of rotatable bonds is 9. The number of halogens is 1. The number of carbonyl (C=O) groups excluding carboxylic acids is 2. The molecule has 0 bridgehead atoms. The summed E-state index contributed by atoms with van der Waals surface area (Å²) in [5.41, 5.74) is 7.02. The Morgan fingerprint density at radius 2 is 1.68 bits per heavy atom. The van der Waals surface area contributed by atoms with Gasteiger partial charge in [-0.15, -0.1) is 25.6 Å². The maximum Gasteiger partial charge on any atom is 0.254 e. The van der Waals surface area contributed by atoms with Gasteiger partial charge in [0, 0.05) is 24.3 Å². The molecule has 0 fully saturated rings. The van der Waals surface area contributed by atoms with Crippen molar-refractivity contribution in [2.24, 2.45) is 11.7 Å². The second-order valence-electron chi connectivity index (χ2n) is 6.09. The lowest BCUT2D eigenvalue weighted by molar-refractivity contribution is -0.117. The van der Waals surface area contributed by atoms with Crippen LogP contribution in [-0.2, 0) is 4.79 Å². The third-order valence-corrected chi connectivity index (χ3v) is 3.45. The molecule has 0 spiro atoms. The number of amides is 2. The summed E-state index contributed by atoms with van der Waals surface area (Å²) in [4.78, 5) is 26.1. The van der Waals surface area contributed by atoms with Crippen LogP contribution in [0.15, 0.2) is 49.6 Å². The Hall–Kier alpha value is -2.11. The van der Waals surface area contributed by atoms with Crippen molar-refractivity contribution in [2.75, 3.05) is 18.4 Å². The van der Waals surface area contributed by atoms with Gasteiger partial charge in [0.2, 0.25) is 5.91 Å². The van der Waals surface area contributed by atoms with Crippen LogP contribution in [-0.4, -0.2) is 35.8 Å². The van der Waals surface area contributed by atoms with Gasteiger partial charge in [-0.1, -0.05) is 26.0 Å². The molecule has 0 unspecified atom stereocenters. The summed E-state index contributed by atoms with van der Waals surface area (Å²) >= 11 is 0. The van der Waals surface area contributed by atoms with E-state index in [0.717, 1.165) is 0 Å². The summed E-state index contributed by atoms with van der Waals surface area (Å²) < 4.78 is 0. The molecule has 6 heteroatoms. The normalized spacial score (nSPS) is 11.2. The van der Waals surface area contributed by atoms with Crippen molar-refractivity contribution in [1.29, 1.82) is 0 Å². The molecule has 3 N–H and O–H groups in total. The summed E-state index contributed by atoms with van der Waals surface area (Å²) in [6.07, 6.45) is 3.97. The smallest absolute Gasteiger partial charge is 0.254 e. The number of hydrogen-bond donors (Lipinski definition) is 2. The number of benzene rings is 1. The van der Waals surface area contributed by atoms with E-state index in [-0.39, 0.29) is 24.2 Å². The first-order chi connectivity index (χ1) is 11.4. The Morgan fingerprint density at radius 3 is 2.12 bits per heavy atom. The minimum atomic E-state index is -0.540. The molecule has 0 saturated heterocycles. The lowest BCUT2D eigenvalue weighted by atomic mass is 10.0. The molecule has 1 aromatic carbocycles. The highest BCUT2D eigenvalue weighted by Crippen LogP contribution is 2.13. The van der Waals surface area contributed by atoms with Crippen LogP contribution >= 0.6 is 12.4 Å². The number of hydrogen-bond acceptors (Lipinski definition) is 3. The minimum Gasteiger partial charge on any atom is -0.331 e. The molecule has 25 heavy (non-hydrogen) atoms. The SMILES string of the molecule is C=CCN(CC=C)C(=O)c1ccc(NC(=O)[C@@H](N)CC(C)C)cc1.Cl. The molecular weight excluding hydrogens is 338 g/mol. The molecular formula is C19H28ClN3O2. The van der Waals surface area contributed by atoms with E-state index in [4.69, 9.17) is 5.73 Å². The molecule has 0 aromatic heterocycles. The van der Waals surface area contributed by atoms with Crippen LogP contribution in [0.1, 0.15) is 30.6 Å². The topological polar surface area (TPSA) is 75.4 Å². The van der Waals surface area contributed by atoms with Crippen molar-refractivity contribution >= 4 is 29.9 Å². The monoisotopic (exact) mass is 365 g/mol. The van der Waals surface area contributed by atoms with Gasteiger partial charge >= 0.3 is 0 Å². The van der Waals surface area contributed by atoms with Gasteiger partial charge in [-0.05, 0) is 36.6 Å². The van der Waals surface area contributed by atoms with Crippen LogP contribution in [0.4, 0.5) is 5.69 Å². The van der Waals surface area contributed by atoms with Crippen LogP contribution < -0.4 is 11.1 Å². The molecule has 138 valence electrons. The first-order valence-corrected chi connectivity index (χ1v) is 8.06. The molecule has 1 rings (SSSR count). The number of anilines is 1. The Kier molecular flexibility index (Phi) is 10.5. The first-order valence-electron chi connectivity index (χ1n) is 8.06. The summed E-state index contributed by atoms with van der Waals surface area (Å²) in [7, 11) is 0. The molecule has 1 atom stereocenters. The molecule has 1 aromatic rings. The summed E-state index contributed by atoms with van der Waals surface area (Å²) in [5, 5.41) is 2.77. The number of nitrogens with two attached hydrogens (primary N) is 1. The van der Waals surface area contributed by atoms with Gasteiger partial charge in [-0.3, -0.25) is 9.59 Å². The van der Waals surface area contributed by atoms with Gasteiger partial charge in [0.1, 0.15) is 0 Å². The molecule has 2 amide bonds. The Labute approximate surface area is 156 Å². The van der Waals surface area contributed by atoms with E-state index < -0.39 is 6.04 Å². The quantitative estimate of drug-likeness (QED) is 0.659. The maximum absolute atomic E-state index is 12.4. The van der Waals surface area contributed by atoms with Crippen molar-refractivity contribution in [3.8, 4) is 0 Å². The Balaban J connectivity index is 0.00000576. The lowest BCUT2D eigenvalue weighted by Gasteiger charge is -2.19. The van der Waals surface area contributed by atoms with Crippen molar-refractivity contribution in [1.82, 2.24) is 4.90 Å². The highest BCUT2D eigenvalue weighted by molar-refractivity contribution is 5.97. The lowest BCUT2D eigenvalue weighted by Crippen LogP contribution is -2.36. The fraction of sp³-hybridized carbons (Fsp3) is 0.368. The average molecular weight is 366 g/mol. The molecule has 0 aliphatic heterocycles. The van der Waals surface area contributed by atoms with Gasteiger partial charge in [0.25, 0.3) is 5.91 Å². The van der Waals surface area contributed by atoms with Gasteiger partial charge in [0.05, 0.1) is 6.04 Å². The fourth-order valence-electron chi connectivity index (χ4n) is 2.28. The second-order valence-corrected chi connectivity index (χ2v) is 6.09. The molecule has 0 saturated carbocycles. The third kappa shape index (κ3) is 7.54. The van der Waals surface area contributed by atoms with E-state index in [1.165, 1.54) is 0 Å². The molecule has 5 nitrogen and oxygen atoms in total. The van der Waals surface area contributed by atoms with E-state index in [1.807, 2.05) is 13.8 Å². The van der Waals surface area contributed by atoms with Gasteiger partial charge < -0.3 is 16.0 Å². The number of nitrogens with zero attached hydrogens (tertiary/aromatic N) is 1. The molecule has 0 radical (unpaired) electrons. The minimum absolute atomic E-state index is 0. The van der Waals surface area contributed by atoms with Crippen LogP contribution in [0.5, 0.6) is 0 Å². The van der Waals surface area contributed by atoms with Crippen molar-refractivity contribution in [3.05, 3.63) is 55.1 Å². The Bertz CT molecular complexity index is 575. The maximum atomic E-state index is 12.4. The van der Waals surface area contributed by atoms with E-state index in [2.05, 4.69) is 18.5 Å².